The van der Waals surface area contributed by atoms with Crippen LogP contribution in [-0.4, -0.2) is 5.11 Å². The standard InChI is InChI=1S/C18H22O/c1-4-10-18(19,16-8-6-5-7-9-16)17-12-14(2)11-15(3)13-17/h5-9,11-13,19H,4,10H2,1-3H3. The summed E-state index contributed by atoms with van der Waals surface area (Å²) in [6.45, 7) is 6.26. The Balaban J connectivity index is 2.56. The molecule has 0 aliphatic rings. The number of benzene rings is 2. The van der Waals surface area contributed by atoms with Crippen molar-refractivity contribution in [2.24, 2.45) is 0 Å². The van der Waals surface area contributed by atoms with E-state index < -0.39 is 5.60 Å². The lowest BCUT2D eigenvalue weighted by molar-refractivity contribution is 0.0700. The molecule has 1 nitrogen and oxygen atoms in total. The maximum absolute atomic E-state index is 11.2. The van der Waals surface area contributed by atoms with Gasteiger partial charge in [0, 0.05) is 0 Å². The summed E-state index contributed by atoms with van der Waals surface area (Å²) in [7, 11) is 0. The van der Waals surface area contributed by atoms with E-state index in [0.717, 1.165) is 24.0 Å². The van der Waals surface area contributed by atoms with Gasteiger partial charge in [-0.15, -0.1) is 0 Å². The Morgan fingerprint density at radius 1 is 0.895 bits per heavy atom. The molecule has 2 rings (SSSR count). The number of rotatable bonds is 4. The lowest BCUT2D eigenvalue weighted by Gasteiger charge is -2.30. The molecule has 0 aliphatic carbocycles. The van der Waals surface area contributed by atoms with Crippen molar-refractivity contribution in [3.63, 3.8) is 0 Å². The van der Waals surface area contributed by atoms with Gasteiger partial charge in [0.1, 0.15) is 5.60 Å². The minimum Gasteiger partial charge on any atom is -0.380 e. The number of hydrogen-bond acceptors (Lipinski definition) is 1. The van der Waals surface area contributed by atoms with Gasteiger partial charge in [0.25, 0.3) is 0 Å². The van der Waals surface area contributed by atoms with Gasteiger partial charge in [0.2, 0.25) is 0 Å². The van der Waals surface area contributed by atoms with Crippen molar-refractivity contribution in [1.29, 1.82) is 0 Å². The van der Waals surface area contributed by atoms with Crippen molar-refractivity contribution in [2.75, 3.05) is 0 Å². The van der Waals surface area contributed by atoms with Crippen LogP contribution in [0, 0.1) is 13.8 Å². The van der Waals surface area contributed by atoms with Crippen LogP contribution in [0.15, 0.2) is 48.5 Å². The molecular formula is C18H22O. The second kappa shape index (κ2) is 5.58. The van der Waals surface area contributed by atoms with Gasteiger partial charge in [0.05, 0.1) is 0 Å². The second-order valence-electron chi connectivity index (χ2n) is 5.35. The smallest absolute Gasteiger partial charge is 0.115 e. The first-order valence-corrected chi connectivity index (χ1v) is 6.93. The summed E-state index contributed by atoms with van der Waals surface area (Å²) < 4.78 is 0. The number of aryl methyl sites for hydroxylation is 2. The fourth-order valence-corrected chi connectivity index (χ4v) is 2.74. The highest BCUT2D eigenvalue weighted by atomic mass is 16.3. The summed E-state index contributed by atoms with van der Waals surface area (Å²) in [5.74, 6) is 0. The first-order valence-electron chi connectivity index (χ1n) is 6.93. The molecule has 2 aromatic carbocycles. The van der Waals surface area contributed by atoms with Crippen LogP contribution in [0.4, 0.5) is 0 Å². The van der Waals surface area contributed by atoms with Gasteiger partial charge < -0.3 is 5.11 Å². The predicted octanol–water partition coefficient (Wildman–Crippen LogP) is 4.34. The molecule has 0 aliphatic heterocycles. The summed E-state index contributed by atoms with van der Waals surface area (Å²) in [6, 6.07) is 16.3. The molecule has 0 saturated carbocycles. The van der Waals surface area contributed by atoms with Crippen LogP contribution in [0.3, 0.4) is 0 Å². The minimum atomic E-state index is -0.882. The molecule has 0 saturated heterocycles. The lowest BCUT2D eigenvalue weighted by Crippen LogP contribution is -2.27. The van der Waals surface area contributed by atoms with Crippen LogP contribution in [0.25, 0.3) is 0 Å². The molecule has 0 heterocycles. The molecule has 2 aromatic rings. The zero-order chi connectivity index (χ0) is 13.9. The first-order chi connectivity index (χ1) is 9.06. The van der Waals surface area contributed by atoms with Gasteiger partial charge in [-0.1, -0.05) is 73.0 Å². The molecule has 0 spiro atoms. The minimum absolute atomic E-state index is 0.736. The average Bonchev–Trinajstić information content (AvgIpc) is 2.39. The van der Waals surface area contributed by atoms with E-state index in [-0.39, 0.29) is 0 Å². The van der Waals surface area contributed by atoms with Gasteiger partial charge in [-0.2, -0.15) is 0 Å². The fourth-order valence-electron chi connectivity index (χ4n) is 2.74. The summed E-state index contributed by atoms with van der Waals surface area (Å²) in [5, 5.41) is 11.2. The lowest BCUT2D eigenvalue weighted by atomic mass is 9.81. The molecule has 100 valence electrons. The maximum Gasteiger partial charge on any atom is 0.115 e. The summed E-state index contributed by atoms with van der Waals surface area (Å²) in [6.07, 6.45) is 1.68. The molecule has 0 aromatic heterocycles. The molecule has 1 heteroatoms. The zero-order valence-electron chi connectivity index (χ0n) is 12.0. The summed E-state index contributed by atoms with van der Waals surface area (Å²) in [4.78, 5) is 0. The van der Waals surface area contributed by atoms with Crippen LogP contribution in [0.5, 0.6) is 0 Å². The maximum atomic E-state index is 11.2. The molecule has 0 amide bonds. The van der Waals surface area contributed by atoms with E-state index in [1.54, 1.807) is 0 Å². The van der Waals surface area contributed by atoms with Crippen molar-refractivity contribution < 1.29 is 5.11 Å². The zero-order valence-corrected chi connectivity index (χ0v) is 12.0. The van der Waals surface area contributed by atoms with Crippen molar-refractivity contribution in [2.45, 2.75) is 39.2 Å². The van der Waals surface area contributed by atoms with E-state index in [2.05, 4.69) is 39.0 Å². The average molecular weight is 254 g/mol. The van der Waals surface area contributed by atoms with Gasteiger partial charge in [0.15, 0.2) is 0 Å². The van der Waals surface area contributed by atoms with Crippen LogP contribution in [0.2, 0.25) is 0 Å². The highest BCUT2D eigenvalue weighted by Crippen LogP contribution is 2.34. The van der Waals surface area contributed by atoms with Crippen LogP contribution in [0.1, 0.15) is 42.0 Å². The Kier molecular flexibility index (Phi) is 4.06. The van der Waals surface area contributed by atoms with Crippen LogP contribution in [-0.2, 0) is 5.60 Å². The third kappa shape index (κ3) is 2.87. The van der Waals surface area contributed by atoms with Gasteiger partial charge in [-0.3, -0.25) is 0 Å². The summed E-state index contributed by atoms with van der Waals surface area (Å²) >= 11 is 0. The molecule has 0 fully saturated rings. The third-order valence-electron chi connectivity index (χ3n) is 3.56. The van der Waals surface area contributed by atoms with E-state index in [0.29, 0.717) is 0 Å². The van der Waals surface area contributed by atoms with Crippen molar-refractivity contribution >= 4 is 0 Å². The monoisotopic (exact) mass is 254 g/mol. The Labute approximate surface area is 115 Å². The molecule has 1 unspecified atom stereocenters. The predicted molar refractivity (Wildman–Crippen MR) is 80.3 cm³/mol. The number of hydrogen-bond donors (Lipinski definition) is 1. The molecule has 19 heavy (non-hydrogen) atoms. The SMILES string of the molecule is CCCC(O)(c1ccccc1)c1cc(C)cc(C)c1. The molecule has 0 bridgehead atoms. The molecule has 1 atom stereocenters. The highest BCUT2D eigenvalue weighted by Gasteiger charge is 2.30. The van der Waals surface area contributed by atoms with Crippen LogP contribution < -0.4 is 0 Å². The van der Waals surface area contributed by atoms with Crippen LogP contribution >= 0.6 is 0 Å². The van der Waals surface area contributed by atoms with Gasteiger partial charge >= 0.3 is 0 Å². The Hall–Kier alpha value is -1.60. The van der Waals surface area contributed by atoms with Crippen molar-refractivity contribution in [3.8, 4) is 0 Å². The second-order valence-corrected chi connectivity index (χ2v) is 5.35. The topological polar surface area (TPSA) is 20.2 Å². The molecule has 1 N–H and O–H groups in total. The quantitative estimate of drug-likeness (QED) is 0.860. The van der Waals surface area contributed by atoms with E-state index in [9.17, 15) is 5.11 Å². The van der Waals surface area contributed by atoms with E-state index in [1.165, 1.54) is 11.1 Å². The Bertz CT molecular complexity index is 525. The fraction of sp³-hybridized carbons (Fsp3) is 0.333. The molecular weight excluding hydrogens is 232 g/mol. The Morgan fingerprint density at radius 3 is 2.00 bits per heavy atom. The van der Waals surface area contributed by atoms with E-state index in [1.807, 2.05) is 30.3 Å². The van der Waals surface area contributed by atoms with Crippen molar-refractivity contribution in [3.05, 3.63) is 70.8 Å². The number of aliphatic hydroxyl groups is 1. The summed E-state index contributed by atoms with van der Waals surface area (Å²) in [5.41, 5.74) is 3.48. The normalized spacial score (nSPS) is 14.1. The molecule has 0 radical (unpaired) electrons. The van der Waals surface area contributed by atoms with E-state index >= 15 is 0 Å². The van der Waals surface area contributed by atoms with Gasteiger partial charge in [-0.05, 0) is 31.4 Å². The van der Waals surface area contributed by atoms with Crippen molar-refractivity contribution in [1.82, 2.24) is 0 Å². The first kappa shape index (κ1) is 13.8. The third-order valence-corrected chi connectivity index (χ3v) is 3.56. The Morgan fingerprint density at radius 2 is 1.47 bits per heavy atom. The largest absolute Gasteiger partial charge is 0.380 e. The van der Waals surface area contributed by atoms with E-state index in [4.69, 9.17) is 0 Å². The van der Waals surface area contributed by atoms with Gasteiger partial charge in [-0.25, -0.2) is 0 Å². The highest BCUT2D eigenvalue weighted by molar-refractivity contribution is 5.40.